The average Bonchev–Trinajstić information content (AvgIpc) is 2.22. The Morgan fingerprint density at radius 1 is 1.24 bits per heavy atom. The van der Waals surface area contributed by atoms with Crippen molar-refractivity contribution in [3.05, 3.63) is 25.6 Å². The summed E-state index contributed by atoms with van der Waals surface area (Å²) in [6, 6.07) is 3.76. The van der Waals surface area contributed by atoms with Crippen LogP contribution in [0.15, 0.2) is 25.6 Å². The summed E-state index contributed by atoms with van der Waals surface area (Å²) < 4.78 is 12.9. The number of ether oxygens (including phenoxy) is 2. The highest BCUT2D eigenvalue weighted by Gasteiger charge is 2.09. The van der Waals surface area contributed by atoms with E-state index >= 15 is 0 Å². The Kier molecular flexibility index (Phi) is 6.51. The van der Waals surface area contributed by atoms with Gasteiger partial charge >= 0.3 is 5.97 Å². The van der Waals surface area contributed by atoms with E-state index in [1.807, 2.05) is 12.1 Å². The van der Waals surface area contributed by atoms with E-state index in [9.17, 15) is 4.79 Å². The highest BCUT2D eigenvalue weighted by Crippen LogP contribution is 2.36. The zero-order valence-corrected chi connectivity index (χ0v) is 13.9. The van der Waals surface area contributed by atoms with Gasteiger partial charge in [-0.1, -0.05) is 15.9 Å². The van der Waals surface area contributed by atoms with Gasteiger partial charge in [0.15, 0.2) is 0 Å². The molecule has 0 aliphatic heterocycles. The van der Waals surface area contributed by atoms with Crippen LogP contribution in [0.25, 0.3) is 0 Å². The largest absolute Gasteiger partial charge is 0.491 e. The first kappa shape index (κ1) is 15.0. The lowest BCUT2D eigenvalue weighted by Crippen LogP contribution is -2.09. The number of benzene rings is 1. The molecule has 1 rings (SSSR count). The number of carbonyl (C=O) groups excluding carboxylic acids is 1. The van der Waals surface area contributed by atoms with Crippen molar-refractivity contribution in [2.75, 3.05) is 13.2 Å². The molecule has 0 fully saturated rings. The van der Waals surface area contributed by atoms with E-state index in [4.69, 9.17) is 9.47 Å². The van der Waals surface area contributed by atoms with Crippen molar-refractivity contribution < 1.29 is 14.3 Å². The molecule has 6 heteroatoms. The van der Waals surface area contributed by atoms with Gasteiger partial charge < -0.3 is 9.47 Å². The predicted octanol–water partition coefficient (Wildman–Crippen LogP) is 4.31. The maximum absolute atomic E-state index is 11.1. The standard InChI is InChI=1S/C11H11Br3O3/c1-2-16-10(15)3-4-17-11-8(13)5-7(12)6-9(11)14/h5-6H,2-4H2,1H3. The van der Waals surface area contributed by atoms with Crippen LogP contribution in [0, 0.1) is 0 Å². The number of esters is 1. The molecule has 0 heterocycles. The third kappa shape index (κ3) is 4.97. The van der Waals surface area contributed by atoms with Crippen molar-refractivity contribution >= 4 is 53.8 Å². The Bertz CT molecular complexity index is 384. The molecule has 0 aliphatic rings. The van der Waals surface area contributed by atoms with Gasteiger partial charge in [-0.25, -0.2) is 0 Å². The molecular weight excluding hydrogens is 420 g/mol. The minimum absolute atomic E-state index is 0.239. The van der Waals surface area contributed by atoms with Gasteiger partial charge in [-0.2, -0.15) is 0 Å². The smallest absolute Gasteiger partial charge is 0.309 e. The molecule has 0 unspecified atom stereocenters. The molecule has 0 radical (unpaired) electrons. The summed E-state index contributed by atoms with van der Waals surface area (Å²) in [5.41, 5.74) is 0. The van der Waals surface area contributed by atoms with Crippen molar-refractivity contribution in [1.29, 1.82) is 0 Å². The first-order chi connectivity index (χ1) is 8.04. The minimum Gasteiger partial charge on any atom is -0.491 e. The number of carbonyl (C=O) groups is 1. The van der Waals surface area contributed by atoms with Gasteiger partial charge in [0.2, 0.25) is 0 Å². The summed E-state index contributed by atoms with van der Waals surface area (Å²) >= 11 is 10.2. The highest BCUT2D eigenvalue weighted by molar-refractivity contribution is 9.11. The molecule has 0 atom stereocenters. The summed E-state index contributed by atoms with van der Waals surface area (Å²) in [6.07, 6.45) is 0.239. The maximum atomic E-state index is 11.1. The summed E-state index contributed by atoms with van der Waals surface area (Å²) in [4.78, 5) is 11.1. The predicted molar refractivity (Wildman–Crippen MR) is 76.3 cm³/mol. The van der Waals surface area contributed by atoms with Crippen LogP contribution in [-0.2, 0) is 9.53 Å². The summed E-state index contributed by atoms with van der Waals surface area (Å²) in [5, 5.41) is 0. The molecule has 1 aromatic rings. The first-order valence-electron chi connectivity index (χ1n) is 4.97. The lowest BCUT2D eigenvalue weighted by Gasteiger charge is -2.10. The molecule has 0 spiro atoms. The number of halogens is 3. The number of hydrogen-bond donors (Lipinski definition) is 0. The molecule has 0 saturated heterocycles. The van der Waals surface area contributed by atoms with Crippen molar-refractivity contribution in [2.24, 2.45) is 0 Å². The van der Waals surface area contributed by atoms with E-state index in [-0.39, 0.29) is 19.0 Å². The Morgan fingerprint density at radius 3 is 2.35 bits per heavy atom. The van der Waals surface area contributed by atoms with E-state index in [0.29, 0.717) is 12.4 Å². The van der Waals surface area contributed by atoms with Crippen LogP contribution < -0.4 is 4.74 Å². The monoisotopic (exact) mass is 428 g/mol. The lowest BCUT2D eigenvalue weighted by molar-refractivity contribution is -0.143. The molecule has 0 aliphatic carbocycles. The van der Waals surface area contributed by atoms with Gasteiger partial charge in [0.25, 0.3) is 0 Å². The van der Waals surface area contributed by atoms with E-state index in [1.54, 1.807) is 6.92 Å². The fraction of sp³-hybridized carbons (Fsp3) is 0.364. The van der Waals surface area contributed by atoms with E-state index in [2.05, 4.69) is 47.8 Å². The van der Waals surface area contributed by atoms with Crippen LogP contribution in [-0.4, -0.2) is 19.2 Å². The molecule has 0 amide bonds. The molecular formula is C11H11Br3O3. The Morgan fingerprint density at radius 2 is 1.82 bits per heavy atom. The van der Waals surface area contributed by atoms with Gasteiger partial charge in [-0.3, -0.25) is 4.79 Å². The van der Waals surface area contributed by atoms with E-state index in [1.165, 1.54) is 0 Å². The van der Waals surface area contributed by atoms with Crippen LogP contribution in [0.2, 0.25) is 0 Å². The van der Waals surface area contributed by atoms with Crippen LogP contribution in [0.3, 0.4) is 0 Å². The van der Waals surface area contributed by atoms with Crippen molar-refractivity contribution in [1.82, 2.24) is 0 Å². The average molecular weight is 431 g/mol. The maximum Gasteiger partial charge on any atom is 0.309 e. The summed E-state index contributed by atoms with van der Waals surface area (Å²) in [5.74, 6) is 0.425. The normalized spacial score (nSPS) is 10.1. The van der Waals surface area contributed by atoms with Gasteiger partial charge in [-0.05, 0) is 50.9 Å². The quantitative estimate of drug-likeness (QED) is 0.653. The number of rotatable bonds is 5. The van der Waals surface area contributed by atoms with Crippen molar-refractivity contribution in [2.45, 2.75) is 13.3 Å². The highest BCUT2D eigenvalue weighted by atomic mass is 79.9. The van der Waals surface area contributed by atoms with Gasteiger partial charge in [0, 0.05) is 4.47 Å². The van der Waals surface area contributed by atoms with Gasteiger partial charge in [0.1, 0.15) is 5.75 Å². The van der Waals surface area contributed by atoms with Crippen molar-refractivity contribution in [3.8, 4) is 5.75 Å². The lowest BCUT2D eigenvalue weighted by atomic mass is 10.3. The molecule has 0 aromatic heterocycles. The zero-order valence-electron chi connectivity index (χ0n) is 9.13. The zero-order chi connectivity index (χ0) is 12.8. The molecule has 1 aromatic carbocycles. The SMILES string of the molecule is CCOC(=O)CCOc1c(Br)cc(Br)cc1Br. The molecule has 0 saturated carbocycles. The summed E-state index contributed by atoms with van der Waals surface area (Å²) in [6.45, 7) is 2.46. The number of hydrogen-bond acceptors (Lipinski definition) is 3. The van der Waals surface area contributed by atoms with Crippen LogP contribution in [0.4, 0.5) is 0 Å². The fourth-order valence-electron chi connectivity index (χ4n) is 1.14. The molecule has 3 nitrogen and oxygen atoms in total. The van der Waals surface area contributed by atoms with Gasteiger partial charge in [-0.15, -0.1) is 0 Å². The third-order valence-electron chi connectivity index (χ3n) is 1.82. The second-order valence-electron chi connectivity index (χ2n) is 3.10. The molecule has 0 N–H and O–H groups in total. The second-order valence-corrected chi connectivity index (χ2v) is 5.73. The van der Waals surface area contributed by atoms with Crippen LogP contribution in [0.5, 0.6) is 5.75 Å². The van der Waals surface area contributed by atoms with E-state index in [0.717, 1.165) is 13.4 Å². The second kappa shape index (κ2) is 7.38. The molecule has 94 valence electrons. The minimum atomic E-state index is -0.253. The Balaban J connectivity index is 2.55. The third-order valence-corrected chi connectivity index (χ3v) is 3.46. The summed E-state index contributed by atoms with van der Waals surface area (Å²) in [7, 11) is 0. The van der Waals surface area contributed by atoms with Crippen LogP contribution >= 0.6 is 47.8 Å². The van der Waals surface area contributed by atoms with Crippen LogP contribution in [0.1, 0.15) is 13.3 Å². The Labute approximate surface area is 125 Å². The fourth-order valence-corrected chi connectivity index (χ4v) is 3.62. The first-order valence-corrected chi connectivity index (χ1v) is 7.35. The molecule has 0 bridgehead atoms. The van der Waals surface area contributed by atoms with E-state index < -0.39 is 0 Å². The Hall–Kier alpha value is -0.0700. The molecule has 17 heavy (non-hydrogen) atoms. The van der Waals surface area contributed by atoms with Crippen molar-refractivity contribution in [3.63, 3.8) is 0 Å². The topological polar surface area (TPSA) is 35.5 Å². The van der Waals surface area contributed by atoms with Gasteiger partial charge in [0.05, 0.1) is 28.6 Å².